The van der Waals surface area contributed by atoms with Gasteiger partial charge in [0, 0.05) is 12.7 Å². The van der Waals surface area contributed by atoms with Crippen LogP contribution in [0.2, 0.25) is 0 Å². The molecule has 0 fully saturated rings. The second-order valence-electron chi connectivity index (χ2n) is 2.87. The summed E-state index contributed by atoms with van der Waals surface area (Å²) in [7, 11) is 0. The van der Waals surface area contributed by atoms with E-state index in [9.17, 15) is 9.18 Å². The van der Waals surface area contributed by atoms with E-state index in [0.717, 1.165) is 0 Å². The summed E-state index contributed by atoms with van der Waals surface area (Å²) in [6.45, 7) is 2.39. The maximum atomic E-state index is 13.2. The van der Waals surface area contributed by atoms with Crippen LogP contribution in [0.4, 0.5) is 4.39 Å². The fourth-order valence-corrected chi connectivity index (χ4v) is 1.15. The summed E-state index contributed by atoms with van der Waals surface area (Å²) in [6.07, 6.45) is 6.40. The van der Waals surface area contributed by atoms with Gasteiger partial charge in [0.25, 0.3) is 5.91 Å². The number of terminal acetylenes is 1. The minimum absolute atomic E-state index is 0.0467. The van der Waals surface area contributed by atoms with Gasteiger partial charge in [0.1, 0.15) is 0 Å². The molecule has 0 bridgehead atoms. The van der Waals surface area contributed by atoms with Gasteiger partial charge in [-0.1, -0.05) is 5.92 Å². The third-order valence-corrected chi connectivity index (χ3v) is 1.94. The molecular formula is C11H11FN2O. The van der Waals surface area contributed by atoms with Crippen molar-refractivity contribution in [2.24, 2.45) is 0 Å². The summed E-state index contributed by atoms with van der Waals surface area (Å²) in [5, 5.41) is 0. The van der Waals surface area contributed by atoms with Crippen LogP contribution in [0.25, 0.3) is 0 Å². The molecule has 0 atom stereocenters. The average Bonchev–Trinajstić information content (AvgIpc) is 2.25. The summed E-state index contributed by atoms with van der Waals surface area (Å²) in [5.41, 5.74) is -0.0467. The quantitative estimate of drug-likeness (QED) is 0.552. The van der Waals surface area contributed by atoms with Crippen LogP contribution in [0.5, 0.6) is 0 Å². The minimum Gasteiger partial charge on any atom is -0.328 e. The predicted octanol–water partition coefficient (Wildman–Crippen LogP) is 1.32. The van der Waals surface area contributed by atoms with Crippen LogP contribution in [0, 0.1) is 18.3 Å². The summed E-state index contributed by atoms with van der Waals surface area (Å²) in [5.74, 6) is 1.16. The van der Waals surface area contributed by atoms with Crippen LogP contribution in [0.15, 0.2) is 18.3 Å². The van der Waals surface area contributed by atoms with E-state index >= 15 is 0 Å². The Morgan fingerprint density at radius 1 is 1.73 bits per heavy atom. The van der Waals surface area contributed by atoms with E-state index in [1.54, 1.807) is 6.92 Å². The van der Waals surface area contributed by atoms with E-state index in [1.807, 2.05) is 0 Å². The molecule has 4 heteroatoms. The number of pyridine rings is 1. The van der Waals surface area contributed by atoms with E-state index in [2.05, 4.69) is 10.9 Å². The second kappa shape index (κ2) is 5.11. The van der Waals surface area contributed by atoms with Crippen molar-refractivity contribution in [1.29, 1.82) is 0 Å². The highest BCUT2D eigenvalue weighted by molar-refractivity contribution is 5.94. The van der Waals surface area contributed by atoms with Crippen LogP contribution < -0.4 is 0 Å². The monoisotopic (exact) mass is 206 g/mol. The Kier molecular flexibility index (Phi) is 3.81. The number of hydrogen-bond donors (Lipinski definition) is 0. The molecule has 1 aromatic heterocycles. The molecule has 15 heavy (non-hydrogen) atoms. The molecule has 0 aliphatic heterocycles. The summed E-state index contributed by atoms with van der Waals surface area (Å²) >= 11 is 0. The molecule has 0 saturated carbocycles. The molecule has 0 aliphatic rings. The van der Waals surface area contributed by atoms with Crippen LogP contribution in [0.1, 0.15) is 17.3 Å². The first kappa shape index (κ1) is 11.2. The molecule has 0 N–H and O–H groups in total. The third-order valence-electron chi connectivity index (χ3n) is 1.94. The molecule has 0 aliphatic carbocycles. The molecule has 0 spiro atoms. The number of hydrogen-bond acceptors (Lipinski definition) is 2. The predicted molar refractivity (Wildman–Crippen MR) is 54.6 cm³/mol. The summed E-state index contributed by atoms with van der Waals surface area (Å²) in [6, 6.07) is 2.91. The lowest BCUT2D eigenvalue weighted by molar-refractivity contribution is 0.0779. The first-order chi connectivity index (χ1) is 7.20. The molecule has 3 nitrogen and oxygen atoms in total. The number of nitrogens with zero attached hydrogens (tertiary/aromatic N) is 2. The van der Waals surface area contributed by atoms with Gasteiger partial charge >= 0.3 is 0 Å². The highest BCUT2D eigenvalue weighted by Gasteiger charge is 2.17. The Balaban J connectivity index is 2.94. The van der Waals surface area contributed by atoms with E-state index in [1.165, 1.54) is 23.2 Å². The smallest absolute Gasteiger partial charge is 0.259 e. The normalized spacial score (nSPS) is 9.40. The van der Waals surface area contributed by atoms with Gasteiger partial charge in [-0.2, -0.15) is 4.39 Å². The van der Waals surface area contributed by atoms with Gasteiger partial charge in [0.2, 0.25) is 5.95 Å². The van der Waals surface area contributed by atoms with E-state index < -0.39 is 11.9 Å². The van der Waals surface area contributed by atoms with Gasteiger partial charge in [-0.05, 0) is 19.1 Å². The molecule has 1 aromatic rings. The molecule has 0 aromatic carbocycles. The first-order valence-corrected chi connectivity index (χ1v) is 4.54. The van der Waals surface area contributed by atoms with Crippen molar-refractivity contribution in [3.8, 4) is 12.3 Å². The Hall–Kier alpha value is -1.89. The number of carbonyl (C=O) groups excluding carboxylic acids is 1. The minimum atomic E-state index is -0.766. The molecule has 78 valence electrons. The average molecular weight is 206 g/mol. The number of halogens is 1. The highest BCUT2D eigenvalue weighted by atomic mass is 19.1. The van der Waals surface area contributed by atoms with Gasteiger partial charge in [0.15, 0.2) is 0 Å². The molecule has 1 heterocycles. The molecule has 0 radical (unpaired) electrons. The fourth-order valence-electron chi connectivity index (χ4n) is 1.15. The van der Waals surface area contributed by atoms with Crippen molar-refractivity contribution in [2.45, 2.75) is 6.92 Å². The van der Waals surface area contributed by atoms with Gasteiger partial charge in [0.05, 0.1) is 12.1 Å². The van der Waals surface area contributed by atoms with E-state index in [-0.39, 0.29) is 12.1 Å². The zero-order chi connectivity index (χ0) is 11.3. The number of rotatable bonds is 3. The second-order valence-corrected chi connectivity index (χ2v) is 2.87. The van der Waals surface area contributed by atoms with Crippen molar-refractivity contribution in [3.05, 3.63) is 29.8 Å². The summed E-state index contributed by atoms with van der Waals surface area (Å²) < 4.78 is 13.2. The van der Waals surface area contributed by atoms with Gasteiger partial charge in [-0.3, -0.25) is 4.79 Å². The highest BCUT2D eigenvalue weighted by Crippen LogP contribution is 2.07. The van der Waals surface area contributed by atoms with Crippen molar-refractivity contribution in [3.63, 3.8) is 0 Å². The van der Waals surface area contributed by atoms with Crippen molar-refractivity contribution in [1.82, 2.24) is 9.88 Å². The fraction of sp³-hybridized carbons (Fsp3) is 0.273. The van der Waals surface area contributed by atoms with E-state index in [4.69, 9.17) is 6.42 Å². The number of aromatic nitrogens is 1. The molecule has 0 unspecified atom stereocenters. The lowest BCUT2D eigenvalue weighted by Crippen LogP contribution is -2.31. The lowest BCUT2D eigenvalue weighted by atomic mass is 10.2. The van der Waals surface area contributed by atoms with Crippen molar-refractivity contribution in [2.75, 3.05) is 13.1 Å². The largest absolute Gasteiger partial charge is 0.328 e. The molecule has 1 rings (SSSR count). The van der Waals surface area contributed by atoms with Crippen molar-refractivity contribution >= 4 is 5.91 Å². The number of carbonyl (C=O) groups is 1. The molecule has 0 saturated heterocycles. The summed E-state index contributed by atoms with van der Waals surface area (Å²) in [4.78, 5) is 16.5. The van der Waals surface area contributed by atoms with Gasteiger partial charge < -0.3 is 4.90 Å². The molecular weight excluding hydrogens is 195 g/mol. The Labute approximate surface area is 87.9 Å². The third kappa shape index (κ3) is 2.53. The standard InChI is InChI=1S/C11H11FN2O/c1-3-8-14(4-2)11(15)9-6-5-7-13-10(9)12/h1,5-7H,4,8H2,2H3. The number of amides is 1. The van der Waals surface area contributed by atoms with Crippen molar-refractivity contribution < 1.29 is 9.18 Å². The Bertz CT molecular complexity index is 398. The van der Waals surface area contributed by atoms with E-state index in [0.29, 0.717) is 6.54 Å². The Morgan fingerprint density at radius 2 is 2.47 bits per heavy atom. The topological polar surface area (TPSA) is 33.2 Å². The first-order valence-electron chi connectivity index (χ1n) is 4.54. The van der Waals surface area contributed by atoms with Crippen LogP contribution in [-0.2, 0) is 0 Å². The van der Waals surface area contributed by atoms with Crippen LogP contribution in [0.3, 0.4) is 0 Å². The maximum Gasteiger partial charge on any atom is 0.259 e. The van der Waals surface area contributed by atoms with Gasteiger partial charge in [-0.25, -0.2) is 4.98 Å². The maximum absolute atomic E-state index is 13.2. The van der Waals surface area contributed by atoms with Gasteiger partial charge in [-0.15, -0.1) is 6.42 Å². The SMILES string of the molecule is C#CCN(CC)C(=O)c1cccnc1F. The lowest BCUT2D eigenvalue weighted by Gasteiger charge is -2.17. The molecule has 1 amide bonds. The zero-order valence-electron chi connectivity index (χ0n) is 8.40. The van der Waals surface area contributed by atoms with Crippen LogP contribution in [-0.4, -0.2) is 28.9 Å². The Morgan fingerprint density at radius 3 is 3.00 bits per heavy atom. The zero-order valence-corrected chi connectivity index (χ0v) is 8.40. The van der Waals surface area contributed by atoms with Crippen LogP contribution >= 0.6 is 0 Å².